The first-order valence-electron chi connectivity index (χ1n) is 5.89. The van der Waals surface area contributed by atoms with Gasteiger partial charge in [0, 0.05) is 18.5 Å². The smallest absolute Gasteiger partial charge is 0.354 e. The standard InChI is InChI=1S/C11H15N3O3/c15-11(16)10-8-2-4-17-6-9(8)13-14(10)7-1-3-12-5-7/h7,12H,1-6H2,(H,15,16). The highest BCUT2D eigenvalue weighted by Gasteiger charge is 2.29. The lowest BCUT2D eigenvalue weighted by atomic mass is 10.1. The topological polar surface area (TPSA) is 76.4 Å². The molecule has 0 saturated carbocycles. The molecule has 6 nitrogen and oxygen atoms in total. The first-order chi connectivity index (χ1) is 8.27. The first-order valence-corrected chi connectivity index (χ1v) is 5.89. The molecule has 1 atom stereocenters. The second kappa shape index (κ2) is 4.12. The zero-order chi connectivity index (χ0) is 11.8. The van der Waals surface area contributed by atoms with Crippen molar-refractivity contribution in [2.45, 2.75) is 25.5 Å². The summed E-state index contributed by atoms with van der Waals surface area (Å²) >= 11 is 0. The van der Waals surface area contributed by atoms with Crippen LogP contribution in [-0.2, 0) is 17.8 Å². The van der Waals surface area contributed by atoms with Gasteiger partial charge in [-0.25, -0.2) is 4.79 Å². The minimum absolute atomic E-state index is 0.159. The predicted molar refractivity (Wildman–Crippen MR) is 59.1 cm³/mol. The van der Waals surface area contributed by atoms with Gasteiger partial charge in [-0.05, 0) is 13.0 Å². The number of fused-ring (bicyclic) bond motifs is 1. The van der Waals surface area contributed by atoms with Crippen molar-refractivity contribution in [2.24, 2.45) is 0 Å². The molecule has 0 aromatic carbocycles. The Hall–Kier alpha value is -1.40. The van der Waals surface area contributed by atoms with Gasteiger partial charge in [-0.15, -0.1) is 0 Å². The summed E-state index contributed by atoms with van der Waals surface area (Å²) in [4.78, 5) is 11.4. The van der Waals surface area contributed by atoms with Crippen molar-refractivity contribution in [3.63, 3.8) is 0 Å². The molecule has 1 aromatic heterocycles. The predicted octanol–water partition coefficient (Wildman–Crippen LogP) is 0.188. The van der Waals surface area contributed by atoms with E-state index in [9.17, 15) is 9.90 Å². The molecule has 1 aromatic rings. The molecule has 6 heteroatoms. The lowest BCUT2D eigenvalue weighted by Crippen LogP contribution is -2.19. The summed E-state index contributed by atoms with van der Waals surface area (Å²) in [6.45, 7) is 2.73. The zero-order valence-electron chi connectivity index (χ0n) is 9.48. The number of carboxylic acids is 1. The quantitative estimate of drug-likeness (QED) is 0.767. The normalized spacial score (nSPS) is 23.6. The number of rotatable bonds is 2. The number of hydrogen-bond acceptors (Lipinski definition) is 4. The molecule has 3 heterocycles. The highest BCUT2D eigenvalue weighted by Crippen LogP contribution is 2.25. The van der Waals surface area contributed by atoms with Crippen LogP contribution in [0.2, 0.25) is 0 Å². The molecular formula is C11H15N3O3. The van der Waals surface area contributed by atoms with Crippen molar-refractivity contribution >= 4 is 5.97 Å². The van der Waals surface area contributed by atoms with Crippen LogP contribution in [0.25, 0.3) is 0 Å². The van der Waals surface area contributed by atoms with Crippen LogP contribution in [0.15, 0.2) is 0 Å². The number of aromatic nitrogens is 2. The van der Waals surface area contributed by atoms with Gasteiger partial charge < -0.3 is 15.2 Å². The van der Waals surface area contributed by atoms with E-state index in [0.717, 1.165) is 30.8 Å². The van der Waals surface area contributed by atoms with Crippen molar-refractivity contribution in [3.05, 3.63) is 17.0 Å². The van der Waals surface area contributed by atoms with Crippen molar-refractivity contribution in [3.8, 4) is 0 Å². The van der Waals surface area contributed by atoms with Crippen LogP contribution in [0, 0.1) is 0 Å². The Labute approximate surface area is 98.6 Å². The van der Waals surface area contributed by atoms with E-state index >= 15 is 0 Å². The number of nitrogens with zero attached hydrogens (tertiary/aromatic N) is 2. The maximum atomic E-state index is 11.4. The molecule has 0 spiro atoms. The molecule has 17 heavy (non-hydrogen) atoms. The Kier molecular flexibility index (Phi) is 2.60. The molecule has 1 unspecified atom stereocenters. The maximum absolute atomic E-state index is 11.4. The van der Waals surface area contributed by atoms with Crippen molar-refractivity contribution < 1.29 is 14.6 Å². The van der Waals surface area contributed by atoms with Gasteiger partial charge in [0.15, 0.2) is 0 Å². The van der Waals surface area contributed by atoms with E-state index in [-0.39, 0.29) is 6.04 Å². The molecule has 1 saturated heterocycles. The second-order valence-electron chi connectivity index (χ2n) is 4.47. The number of carboxylic acid groups (broad SMARTS) is 1. The molecule has 2 aliphatic rings. The monoisotopic (exact) mass is 237 g/mol. The fourth-order valence-corrected chi connectivity index (χ4v) is 2.58. The largest absolute Gasteiger partial charge is 0.477 e. The van der Waals surface area contributed by atoms with Crippen LogP contribution in [0.4, 0.5) is 0 Å². The van der Waals surface area contributed by atoms with Crippen LogP contribution >= 0.6 is 0 Å². The Morgan fingerprint density at radius 2 is 2.47 bits per heavy atom. The van der Waals surface area contributed by atoms with Crippen molar-refractivity contribution in [1.29, 1.82) is 0 Å². The average molecular weight is 237 g/mol. The van der Waals surface area contributed by atoms with E-state index in [0.29, 0.717) is 25.3 Å². The molecule has 0 aliphatic carbocycles. The van der Waals surface area contributed by atoms with E-state index < -0.39 is 5.97 Å². The molecule has 3 rings (SSSR count). The SMILES string of the molecule is O=C(O)c1c2c(nn1C1CCNC1)COCC2. The average Bonchev–Trinajstić information content (AvgIpc) is 2.95. The molecule has 0 amide bonds. The van der Waals surface area contributed by atoms with Gasteiger partial charge in [-0.1, -0.05) is 0 Å². The van der Waals surface area contributed by atoms with Gasteiger partial charge in [0.25, 0.3) is 0 Å². The van der Waals surface area contributed by atoms with Crippen LogP contribution in [0.1, 0.15) is 34.2 Å². The number of carbonyl (C=O) groups is 1. The first kappa shape index (κ1) is 10.7. The summed E-state index contributed by atoms with van der Waals surface area (Å²) in [6.07, 6.45) is 1.58. The molecule has 92 valence electrons. The molecule has 0 radical (unpaired) electrons. The summed E-state index contributed by atoms with van der Waals surface area (Å²) in [7, 11) is 0. The third kappa shape index (κ3) is 1.73. The summed E-state index contributed by atoms with van der Waals surface area (Å²) in [5.74, 6) is -0.882. The van der Waals surface area contributed by atoms with Crippen molar-refractivity contribution in [1.82, 2.24) is 15.1 Å². The number of ether oxygens (including phenoxy) is 1. The maximum Gasteiger partial charge on any atom is 0.354 e. The lowest BCUT2D eigenvalue weighted by Gasteiger charge is -2.12. The Bertz CT molecular complexity index is 449. The minimum Gasteiger partial charge on any atom is -0.477 e. The van der Waals surface area contributed by atoms with E-state index in [4.69, 9.17) is 4.74 Å². The summed E-state index contributed by atoms with van der Waals surface area (Å²) in [5.41, 5.74) is 2.01. The van der Waals surface area contributed by atoms with Gasteiger partial charge in [0.05, 0.1) is 24.9 Å². The zero-order valence-corrected chi connectivity index (χ0v) is 9.48. The van der Waals surface area contributed by atoms with Gasteiger partial charge in [-0.3, -0.25) is 4.68 Å². The Balaban J connectivity index is 2.06. The minimum atomic E-state index is -0.882. The van der Waals surface area contributed by atoms with Gasteiger partial charge >= 0.3 is 5.97 Å². The number of aromatic carboxylic acids is 1. The number of nitrogens with one attached hydrogen (secondary N) is 1. The van der Waals surface area contributed by atoms with Crippen LogP contribution in [0.5, 0.6) is 0 Å². The van der Waals surface area contributed by atoms with Crippen LogP contribution in [0.3, 0.4) is 0 Å². The van der Waals surface area contributed by atoms with Gasteiger partial charge in [-0.2, -0.15) is 5.10 Å². The summed E-state index contributed by atoms with van der Waals surface area (Å²) < 4.78 is 7.00. The molecule has 0 bridgehead atoms. The second-order valence-corrected chi connectivity index (χ2v) is 4.47. The highest BCUT2D eigenvalue weighted by molar-refractivity contribution is 5.88. The van der Waals surface area contributed by atoms with Gasteiger partial charge in [0.2, 0.25) is 0 Å². The van der Waals surface area contributed by atoms with Crippen molar-refractivity contribution in [2.75, 3.05) is 19.7 Å². The third-order valence-electron chi connectivity index (χ3n) is 3.41. The molecule has 1 fully saturated rings. The fraction of sp³-hybridized carbons (Fsp3) is 0.636. The molecular weight excluding hydrogens is 222 g/mol. The van der Waals surface area contributed by atoms with E-state index in [1.807, 2.05) is 0 Å². The molecule has 2 N–H and O–H groups in total. The third-order valence-corrected chi connectivity index (χ3v) is 3.41. The van der Waals surface area contributed by atoms with E-state index in [2.05, 4.69) is 10.4 Å². The Morgan fingerprint density at radius 1 is 1.59 bits per heavy atom. The van der Waals surface area contributed by atoms with E-state index in [1.54, 1.807) is 4.68 Å². The highest BCUT2D eigenvalue weighted by atomic mass is 16.5. The molecule has 2 aliphatic heterocycles. The lowest BCUT2D eigenvalue weighted by molar-refractivity contribution is 0.0677. The van der Waals surface area contributed by atoms with Crippen LogP contribution < -0.4 is 5.32 Å². The van der Waals surface area contributed by atoms with Crippen LogP contribution in [-0.4, -0.2) is 40.6 Å². The summed E-state index contributed by atoms with van der Waals surface area (Å²) in [6, 6.07) is 0.159. The summed E-state index contributed by atoms with van der Waals surface area (Å²) in [5, 5.41) is 17.0. The Morgan fingerprint density at radius 3 is 3.18 bits per heavy atom. The van der Waals surface area contributed by atoms with Gasteiger partial charge in [0.1, 0.15) is 5.69 Å². The number of hydrogen-bond donors (Lipinski definition) is 2. The van der Waals surface area contributed by atoms with E-state index in [1.165, 1.54) is 0 Å². The fourth-order valence-electron chi connectivity index (χ4n) is 2.58.